The molecule has 104 valence electrons. The van der Waals surface area contributed by atoms with Crippen molar-refractivity contribution in [1.29, 1.82) is 0 Å². The summed E-state index contributed by atoms with van der Waals surface area (Å²) in [4.78, 5) is 11.4. The third kappa shape index (κ3) is 3.32. The van der Waals surface area contributed by atoms with Gasteiger partial charge in [0, 0.05) is 8.95 Å². The minimum Gasteiger partial charge on any atom is -0.465 e. The van der Waals surface area contributed by atoms with E-state index in [0.29, 0.717) is 11.3 Å². The number of ether oxygens (including phenoxy) is 1. The van der Waals surface area contributed by atoms with E-state index >= 15 is 0 Å². The molecule has 6 heteroatoms. The van der Waals surface area contributed by atoms with Crippen LogP contribution in [0.2, 0.25) is 0 Å². The Balaban J connectivity index is 2.28. The molecule has 2 aromatic rings. The van der Waals surface area contributed by atoms with E-state index in [0.717, 1.165) is 20.3 Å². The molecule has 0 unspecified atom stereocenters. The predicted molar refractivity (Wildman–Crippen MR) is 87.3 cm³/mol. The predicted octanol–water partition coefficient (Wildman–Crippen LogP) is 4.32. The molecule has 3 N–H and O–H groups in total. The maximum Gasteiger partial charge on any atom is 0.337 e. The summed E-state index contributed by atoms with van der Waals surface area (Å²) in [6.45, 7) is 0. The van der Waals surface area contributed by atoms with Crippen LogP contribution in [0.5, 0.6) is 0 Å². The van der Waals surface area contributed by atoms with Gasteiger partial charge in [-0.1, -0.05) is 15.9 Å². The van der Waals surface area contributed by atoms with E-state index in [-0.39, 0.29) is 0 Å². The van der Waals surface area contributed by atoms with E-state index in [4.69, 9.17) is 5.73 Å². The van der Waals surface area contributed by atoms with E-state index in [1.165, 1.54) is 7.11 Å². The van der Waals surface area contributed by atoms with Crippen molar-refractivity contribution in [2.75, 3.05) is 18.2 Å². The number of esters is 1. The molecule has 0 aliphatic rings. The molecule has 4 nitrogen and oxygen atoms in total. The van der Waals surface area contributed by atoms with Gasteiger partial charge >= 0.3 is 5.97 Å². The molecule has 0 saturated carbocycles. The van der Waals surface area contributed by atoms with Crippen LogP contribution in [-0.2, 0) is 4.74 Å². The van der Waals surface area contributed by atoms with Crippen molar-refractivity contribution in [3.63, 3.8) is 0 Å². The first-order chi connectivity index (χ1) is 9.51. The summed E-state index contributed by atoms with van der Waals surface area (Å²) in [6, 6.07) is 10.8. The lowest BCUT2D eigenvalue weighted by Gasteiger charge is -2.12. The van der Waals surface area contributed by atoms with Gasteiger partial charge in [-0.05, 0) is 52.3 Å². The average Bonchev–Trinajstić information content (AvgIpc) is 2.42. The van der Waals surface area contributed by atoms with Gasteiger partial charge in [-0.2, -0.15) is 0 Å². The highest BCUT2D eigenvalue weighted by atomic mass is 79.9. The smallest absolute Gasteiger partial charge is 0.337 e. The Kier molecular flexibility index (Phi) is 4.67. The molecule has 0 aromatic heterocycles. The standard InChI is InChI=1S/C14H12Br2N2O2/c1-20-14(19)8-2-4-13(11(17)6-8)18-12-5-3-9(15)7-10(12)16/h2-7,18H,17H2,1H3. The first-order valence-electron chi connectivity index (χ1n) is 5.71. The number of nitrogens with two attached hydrogens (primary N) is 1. The van der Waals surface area contributed by atoms with E-state index in [1.807, 2.05) is 18.2 Å². The van der Waals surface area contributed by atoms with Gasteiger partial charge in [0.2, 0.25) is 0 Å². The monoisotopic (exact) mass is 398 g/mol. The molecule has 0 aliphatic heterocycles. The normalized spacial score (nSPS) is 10.2. The summed E-state index contributed by atoms with van der Waals surface area (Å²) in [5, 5.41) is 3.21. The zero-order valence-corrected chi connectivity index (χ0v) is 13.8. The number of nitrogen functional groups attached to an aromatic ring is 1. The minimum absolute atomic E-state index is 0.409. The number of hydrogen-bond donors (Lipinski definition) is 2. The van der Waals surface area contributed by atoms with Crippen LogP contribution in [0, 0.1) is 0 Å². The zero-order chi connectivity index (χ0) is 14.7. The van der Waals surface area contributed by atoms with Crippen LogP contribution in [0.25, 0.3) is 0 Å². The van der Waals surface area contributed by atoms with Gasteiger partial charge in [0.25, 0.3) is 0 Å². The Hall–Kier alpha value is -1.53. The second kappa shape index (κ2) is 6.28. The molecule has 2 rings (SSSR count). The number of carbonyl (C=O) groups excluding carboxylic acids is 1. The molecule has 0 heterocycles. The molecule has 0 radical (unpaired) electrons. The molecule has 2 aromatic carbocycles. The van der Waals surface area contributed by atoms with Gasteiger partial charge < -0.3 is 15.8 Å². The summed E-state index contributed by atoms with van der Waals surface area (Å²) in [5.41, 5.74) is 8.45. The zero-order valence-electron chi connectivity index (χ0n) is 10.6. The highest BCUT2D eigenvalue weighted by molar-refractivity contribution is 9.11. The summed E-state index contributed by atoms with van der Waals surface area (Å²) >= 11 is 6.87. The molecular formula is C14H12Br2N2O2. The Bertz CT molecular complexity index is 660. The van der Waals surface area contributed by atoms with E-state index in [2.05, 4.69) is 41.9 Å². The van der Waals surface area contributed by atoms with Crippen molar-refractivity contribution in [2.45, 2.75) is 0 Å². The maximum atomic E-state index is 11.4. The SMILES string of the molecule is COC(=O)c1ccc(Nc2ccc(Br)cc2Br)c(N)c1. The van der Waals surface area contributed by atoms with Gasteiger partial charge in [0.15, 0.2) is 0 Å². The highest BCUT2D eigenvalue weighted by Crippen LogP contribution is 2.31. The number of rotatable bonds is 3. The maximum absolute atomic E-state index is 11.4. The first kappa shape index (κ1) is 14.9. The Morgan fingerprint density at radius 3 is 2.45 bits per heavy atom. The number of hydrogen-bond acceptors (Lipinski definition) is 4. The van der Waals surface area contributed by atoms with Crippen LogP contribution in [0.1, 0.15) is 10.4 Å². The average molecular weight is 400 g/mol. The van der Waals surface area contributed by atoms with Crippen LogP contribution >= 0.6 is 31.9 Å². The number of methoxy groups -OCH3 is 1. The van der Waals surface area contributed by atoms with Crippen molar-refractivity contribution in [3.8, 4) is 0 Å². The molecule has 0 saturated heterocycles. The number of carbonyl (C=O) groups is 1. The fourth-order valence-electron chi connectivity index (χ4n) is 1.66. The largest absolute Gasteiger partial charge is 0.465 e. The fraction of sp³-hybridized carbons (Fsp3) is 0.0714. The number of benzene rings is 2. The number of halogens is 2. The molecule has 0 spiro atoms. The van der Waals surface area contributed by atoms with Gasteiger partial charge in [-0.15, -0.1) is 0 Å². The van der Waals surface area contributed by atoms with Gasteiger partial charge in [0.05, 0.1) is 29.7 Å². The second-order valence-corrected chi connectivity index (χ2v) is 5.81. The molecule has 0 atom stereocenters. The van der Waals surface area contributed by atoms with Crippen molar-refractivity contribution >= 4 is 54.9 Å². The van der Waals surface area contributed by atoms with E-state index < -0.39 is 5.97 Å². The van der Waals surface area contributed by atoms with Crippen molar-refractivity contribution in [1.82, 2.24) is 0 Å². The van der Waals surface area contributed by atoms with Crippen LogP contribution in [0.3, 0.4) is 0 Å². The molecule has 0 aliphatic carbocycles. The van der Waals surface area contributed by atoms with Gasteiger partial charge in [-0.3, -0.25) is 0 Å². The third-order valence-electron chi connectivity index (χ3n) is 2.67. The Labute approximate surface area is 133 Å². The van der Waals surface area contributed by atoms with Gasteiger partial charge in [0.1, 0.15) is 0 Å². The first-order valence-corrected chi connectivity index (χ1v) is 7.30. The lowest BCUT2D eigenvalue weighted by molar-refractivity contribution is 0.0601. The summed E-state index contributed by atoms with van der Waals surface area (Å²) < 4.78 is 6.54. The quantitative estimate of drug-likeness (QED) is 0.595. The molecule has 0 bridgehead atoms. The van der Waals surface area contributed by atoms with Crippen LogP contribution < -0.4 is 11.1 Å². The molecule has 0 fully saturated rings. The number of anilines is 3. The third-order valence-corrected chi connectivity index (χ3v) is 3.82. The summed E-state index contributed by atoms with van der Waals surface area (Å²) in [6.07, 6.45) is 0. The van der Waals surface area contributed by atoms with Gasteiger partial charge in [-0.25, -0.2) is 4.79 Å². The van der Waals surface area contributed by atoms with Crippen LogP contribution in [-0.4, -0.2) is 13.1 Å². The lowest BCUT2D eigenvalue weighted by atomic mass is 10.1. The molecule has 0 amide bonds. The van der Waals surface area contributed by atoms with E-state index in [9.17, 15) is 4.79 Å². The topological polar surface area (TPSA) is 64.3 Å². The summed E-state index contributed by atoms with van der Waals surface area (Å²) in [5.74, 6) is -0.409. The lowest BCUT2D eigenvalue weighted by Crippen LogP contribution is -2.04. The molecular weight excluding hydrogens is 388 g/mol. The Morgan fingerprint density at radius 1 is 1.15 bits per heavy atom. The summed E-state index contributed by atoms with van der Waals surface area (Å²) in [7, 11) is 1.34. The highest BCUT2D eigenvalue weighted by Gasteiger charge is 2.09. The van der Waals surface area contributed by atoms with Crippen molar-refractivity contribution in [2.24, 2.45) is 0 Å². The minimum atomic E-state index is -0.409. The van der Waals surface area contributed by atoms with Crippen molar-refractivity contribution in [3.05, 3.63) is 50.9 Å². The fourth-order valence-corrected chi connectivity index (χ4v) is 2.80. The van der Waals surface area contributed by atoms with E-state index in [1.54, 1.807) is 18.2 Å². The second-order valence-electron chi connectivity index (χ2n) is 4.04. The number of nitrogens with one attached hydrogen (secondary N) is 1. The van der Waals surface area contributed by atoms with Crippen LogP contribution in [0.4, 0.5) is 17.1 Å². The van der Waals surface area contributed by atoms with Crippen molar-refractivity contribution < 1.29 is 9.53 Å². The Morgan fingerprint density at radius 2 is 1.85 bits per heavy atom. The molecule has 20 heavy (non-hydrogen) atoms. The van der Waals surface area contributed by atoms with Crippen LogP contribution in [0.15, 0.2) is 45.3 Å².